The molecule has 2 atom stereocenters. The third kappa shape index (κ3) is 4.63. The van der Waals surface area contributed by atoms with Crippen molar-refractivity contribution in [2.24, 2.45) is 0 Å². The topological polar surface area (TPSA) is 120 Å². The molecule has 0 saturated carbocycles. The zero-order chi connectivity index (χ0) is 15.2. The largest absolute Gasteiger partial charge is 0.380 e. The SMILES string of the molecule is O=[N+]([O-])c1cc(OS(=O)O)ccc1NC[C@H]1COCCO1. The molecule has 116 valence electrons. The van der Waals surface area contributed by atoms with Crippen LogP contribution in [0.4, 0.5) is 11.4 Å². The van der Waals surface area contributed by atoms with Gasteiger partial charge in [0.2, 0.25) is 0 Å². The van der Waals surface area contributed by atoms with E-state index < -0.39 is 16.3 Å². The van der Waals surface area contributed by atoms with Crippen molar-refractivity contribution in [1.82, 2.24) is 0 Å². The number of ether oxygens (including phenoxy) is 2. The van der Waals surface area contributed by atoms with Crippen molar-refractivity contribution in [3.63, 3.8) is 0 Å². The second-order valence-electron chi connectivity index (χ2n) is 4.19. The Balaban J connectivity index is 2.06. The van der Waals surface area contributed by atoms with Crippen LogP contribution in [0.3, 0.4) is 0 Å². The molecule has 1 aromatic carbocycles. The Morgan fingerprint density at radius 3 is 2.95 bits per heavy atom. The molecule has 1 heterocycles. The average Bonchev–Trinajstić information content (AvgIpc) is 2.46. The van der Waals surface area contributed by atoms with E-state index >= 15 is 0 Å². The molecule has 1 fully saturated rings. The lowest BCUT2D eigenvalue weighted by Crippen LogP contribution is -2.34. The van der Waals surface area contributed by atoms with Gasteiger partial charge in [0, 0.05) is 6.54 Å². The van der Waals surface area contributed by atoms with Gasteiger partial charge in [-0.25, -0.2) is 0 Å². The summed E-state index contributed by atoms with van der Waals surface area (Å²) in [7, 11) is 0. The molecule has 0 aromatic heterocycles. The molecule has 2 rings (SSSR count). The number of hydrogen-bond acceptors (Lipinski definition) is 7. The van der Waals surface area contributed by atoms with Gasteiger partial charge in [0.1, 0.15) is 11.4 Å². The van der Waals surface area contributed by atoms with E-state index in [0.29, 0.717) is 26.4 Å². The molecule has 1 unspecified atom stereocenters. The Hall–Kier alpha value is -1.75. The molecule has 9 nitrogen and oxygen atoms in total. The summed E-state index contributed by atoms with van der Waals surface area (Å²) in [5.41, 5.74) is 0.0138. The molecule has 1 aliphatic heterocycles. The molecule has 1 aromatic rings. The maximum Gasteiger partial charge on any atom is 0.357 e. The van der Waals surface area contributed by atoms with Crippen molar-refractivity contribution >= 4 is 22.7 Å². The first kappa shape index (κ1) is 15.6. The van der Waals surface area contributed by atoms with Crippen LogP contribution in [0.2, 0.25) is 0 Å². The lowest BCUT2D eigenvalue weighted by molar-refractivity contribution is -0.384. The molecule has 0 bridgehead atoms. The third-order valence-corrected chi connectivity index (χ3v) is 3.07. The van der Waals surface area contributed by atoms with Gasteiger partial charge < -0.3 is 19.0 Å². The van der Waals surface area contributed by atoms with Gasteiger partial charge in [-0.2, -0.15) is 4.21 Å². The number of nitro groups is 1. The Labute approximate surface area is 122 Å². The molecule has 0 spiro atoms. The van der Waals surface area contributed by atoms with Crippen LogP contribution in [0.1, 0.15) is 0 Å². The zero-order valence-electron chi connectivity index (χ0n) is 10.9. The van der Waals surface area contributed by atoms with Crippen LogP contribution in [-0.4, -0.2) is 46.2 Å². The maximum atomic E-state index is 11.0. The summed E-state index contributed by atoms with van der Waals surface area (Å²) in [6, 6.07) is 3.85. The zero-order valence-corrected chi connectivity index (χ0v) is 11.7. The summed E-state index contributed by atoms with van der Waals surface area (Å²) in [5.74, 6) is -0.0645. The minimum Gasteiger partial charge on any atom is -0.380 e. The number of nitro benzene ring substituents is 1. The first-order valence-corrected chi connectivity index (χ1v) is 7.10. The number of nitrogens with zero attached hydrogens (tertiary/aromatic N) is 1. The second-order valence-corrected chi connectivity index (χ2v) is 4.79. The van der Waals surface area contributed by atoms with E-state index in [9.17, 15) is 14.3 Å². The summed E-state index contributed by atoms with van der Waals surface area (Å²) in [4.78, 5) is 10.4. The number of hydrogen-bond donors (Lipinski definition) is 2. The number of nitrogens with one attached hydrogen (secondary N) is 1. The van der Waals surface area contributed by atoms with Crippen LogP contribution in [0.25, 0.3) is 0 Å². The highest BCUT2D eigenvalue weighted by molar-refractivity contribution is 7.74. The van der Waals surface area contributed by atoms with E-state index in [-0.39, 0.29) is 23.2 Å². The van der Waals surface area contributed by atoms with E-state index in [1.54, 1.807) is 0 Å². The standard InChI is InChI=1S/C11H14N2O7S/c14-13(15)11-5-8(20-21(16)17)1-2-10(11)12-6-9-7-18-3-4-19-9/h1-2,5,9,12H,3-4,6-7H2,(H,16,17)/t9-/m0/s1. The first-order chi connectivity index (χ1) is 10.1. The first-order valence-electron chi connectivity index (χ1n) is 6.07. The number of rotatable bonds is 6. The van der Waals surface area contributed by atoms with Crippen molar-refractivity contribution in [3.8, 4) is 5.75 Å². The fourth-order valence-electron chi connectivity index (χ4n) is 1.82. The average molecular weight is 318 g/mol. The monoisotopic (exact) mass is 318 g/mol. The molecule has 10 heteroatoms. The Morgan fingerprint density at radius 2 is 2.33 bits per heavy atom. The lowest BCUT2D eigenvalue weighted by atomic mass is 10.2. The summed E-state index contributed by atoms with van der Waals surface area (Å²) >= 11 is -2.53. The Kier molecular flexibility index (Phi) is 5.44. The highest BCUT2D eigenvalue weighted by atomic mass is 32.2. The maximum absolute atomic E-state index is 11.0. The summed E-state index contributed by atoms with van der Waals surface area (Å²) in [6.07, 6.45) is -0.181. The predicted octanol–water partition coefficient (Wildman–Crippen LogP) is 0.938. The van der Waals surface area contributed by atoms with Gasteiger partial charge in [0.15, 0.2) is 0 Å². The van der Waals surface area contributed by atoms with E-state index in [2.05, 4.69) is 9.50 Å². The van der Waals surface area contributed by atoms with Crippen LogP contribution < -0.4 is 9.50 Å². The van der Waals surface area contributed by atoms with Crippen LogP contribution in [0.5, 0.6) is 5.75 Å². The second kappa shape index (κ2) is 7.31. The summed E-state index contributed by atoms with van der Waals surface area (Å²) in [5, 5.41) is 13.9. The minimum atomic E-state index is -2.53. The fourth-order valence-corrected chi connectivity index (χ4v) is 2.09. The van der Waals surface area contributed by atoms with E-state index in [1.807, 2.05) is 0 Å². The van der Waals surface area contributed by atoms with Crippen LogP contribution in [0.15, 0.2) is 18.2 Å². The molecule has 0 radical (unpaired) electrons. The van der Waals surface area contributed by atoms with Crippen molar-refractivity contribution < 1.29 is 27.3 Å². The van der Waals surface area contributed by atoms with E-state index in [1.165, 1.54) is 12.1 Å². The van der Waals surface area contributed by atoms with Crippen LogP contribution in [0, 0.1) is 10.1 Å². The van der Waals surface area contributed by atoms with Crippen LogP contribution >= 0.6 is 0 Å². The molecule has 21 heavy (non-hydrogen) atoms. The Morgan fingerprint density at radius 1 is 1.52 bits per heavy atom. The van der Waals surface area contributed by atoms with Crippen molar-refractivity contribution in [2.75, 3.05) is 31.7 Å². The summed E-state index contributed by atoms with van der Waals surface area (Å²) < 4.78 is 34.3. The highest BCUT2D eigenvalue weighted by Crippen LogP contribution is 2.29. The molecule has 1 aliphatic rings. The molecule has 2 N–H and O–H groups in total. The van der Waals surface area contributed by atoms with Gasteiger partial charge in [-0.3, -0.25) is 14.7 Å². The summed E-state index contributed by atoms with van der Waals surface area (Å²) in [6.45, 7) is 1.81. The molecular weight excluding hydrogens is 304 g/mol. The minimum absolute atomic E-state index is 0.0645. The number of anilines is 1. The van der Waals surface area contributed by atoms with Gasteiger partial charge >= 0.3 is 11.4 Å². The van der Waals surface area contributed by atoms with Crippen molar-refractivity contribution in [1.29, 1.82) is 0 Å². The third-order valence-electron chi connectivity index (χ3n) is 2.74. The van der Waals surface area contributed by atoms with Crippen molar-refractivity contribution in [2.45, 2.75) is 6.10 Å². The quantitative estimate of drug-likeness (QED) is 0.451. The molecule has 0 amide bonds. The van der Waals surface area contributed by atoms with E-state index in [4.69, 9.17) is 14.0 Å². The van der Waals surface area contributed by atoms with Gasteiger partial charge in [0.25, 0.3) is 5.69 Å². The van der Waals surface area contributed by atoms with Crippen LogP contribution in [-0.2, 0) is 20.8 Å². The fraction of sp³-hybridized carbons (Fsp3) is 0.455. The lowest BCUT2D eigenvalue weighted by Gasteiger charge is -2.23. The number of benzene rings is 1. The predicted molar refractivity (Wildman–Crippen MR) is 73.5 cm³/mol. The van der Waals surface area contributed by atoms with Gasteiger partial charge in [-0.15, -0.1) is 0 Å². The molecule has 1 saturated heterocycles. The van der Waals surface area contributed by atoms with Crippen molar-refractivity contribution in [3.05, 3.63) is 28.3 Å². The molecular formula is C11H14N2O7S. The smallest absolute Gasteiger partial charge is 0.357 e. The highest BCUT2D eigenvalue weighted by Gasteiger charge is 2.19. The van der Waals surface area contributed by atoms with Gasteiger partial charge in [-0.05, 0) is 12.1 Å². The van der Waals surface area contributed by atoms with Gasteiger partial charge in [-0.1, -0.05) is 0 Å². The Bertz CT molecular complexity index is 533. The van der Waals surface area contributed by atoms with E-state index in [0.717, 1.165) is 6.07 Å². The molecule has 0 aliphatic carbocycles. The van der Waals surface area contributed by atoms with Gasteiger partial charge in [0.05, 0.1) is 36.9 Å². The normalized spacial score (nSPS) is 19.8.